The number of nitro groups is 1. The number of benzene rings is 2. The zero-order valence-electron chi connectivity index (χ0n) is 18.7. The minimum absolute atomic E-state index is 0.0550. The Morgan fingerprint density at radius 3 is 2.53 bits per heavy atom. The summed E-state index contributed by atoms with van der Waals surface area (Å²) in [5.74, 6) is 0.171. The van der Waals surface area contributed by atoms with Crippen LogP contribution >= 0.6 is 0 Å². The average Bonchev–Trinajstić information content (AvgIpc) is 2.73. The first-order valence-corrected chi connectivity index (χ1v) is 10.2. The van der Waals surface area contributed by atoms with Crippen molar-refractivity contribution in [3.05, 3.63) is 64.2 Å². The van der Waals surface area contributed by atoms with Gasteiger partial charge in [-0.25, -0.2) is 4.98 Å². The predicted octanol–water partition coefficient (Wildman–Crippen LogP) is 4.98. The van der Waals surface area contributed by atoms with Crippen molar-refractivity contribution in [2.24, 2.45) is 0 Å². The highest BCUT2D eigenvalue weighted by molar-refractivity contribution is 5.71. The van der Waals surface area contributed by atoms with Gasteiger partial charge in [0.2, 0.25) is 5.95 Å². The van der Waals surface area contributed by atoms with Crippen LogP contribution in [0.4, 0.5) is 36.3 Å². The molecule has 2 aromatic carbocycles. The Hall–Kier alpha value is -3.93. The molecule has 0 aliphatic heterocycles. The second-order valence-corrected chi connectivity index (χ2v) is 7.60. The van der Waals surface area contributed by atoms with Crippen molar-refractivity contribution in [3.63, 3.8) is 0 Å². The molecule has 0 aliphatic rings. The molecule has 0 unspecified atom stereocenters. The Morgan fingerprint density at radius 2 is 1.85 bits per heavy atom. The van der Waals surface area contributed by atoms with Crippen LogP contribution in [-0.2, 0) is 0 Å². The van der Waals surface area contributed by atoms with Gasteiger partial charge in [0.15, 0.2) is 0 Å². The third kappa shape index (κ3) is 6.78. The molecule has 3 rings (SSSR count). The Kier molecular flexibility index (Phi) is 7.51. The van der Waals surface area contributed by atoms with E-state index in [2.05, 4.69) is 25.3 Å². The molecule has 180 valence electrons. The summed E-state index contributed by atoms with van der Waals surface area (Å²) in [6.07, 6.45) is -4.82. The molecule has 1 aromatic heterocycles. The molecule has 12 heteroatoms. The molecule has 0 spiro atoms. The molecule has 0 radical (unpaired) electrons. The zero-order valence-corrected chi connectivity index (χ0v) is 18.7. The Bertz CT molecular complexity index is 1170. The molecule has 0 fully saturated rings. The quantitative estimate of drug-likeness (QED) is 0.329. The van der Waals surface area contributed by atoms with E-state index in [1.807, 2.05) is 19.0 Å². The van der Waals surface area contributed by atoms with Gasteiger partial charge < -0.3 is 20.3 Å². The van der Waals surface area contributed by atoms with Gasteiger partial charge in [-0.05, 0) is 39.2 Å². The van der Waals surface area contributed by atoms with Crippen LogP contribution < -0.4 is 15.4 Å². The first kappa shape index (κ1) is 24.7. The van der Waals surface area contributed by atoms with Crippen molar-refractivity contribution >= 4 is 23.1 Å². The molecule has 2 N–H and O–H groups in total. The fourth-order valence-corrected chi connectivity index (χ4v) is 3.08. The second-order valence-electron chi connectivity index (χ2n) is 7.60. The van der Waals surface area contributed by atoms with Crippen LogP contribution in [-0.4, -0.2) is 53.3 Å². The van der Waals surface area contributed by atoms with E-state index in [-0.39, 0.29) is 17.4 Å². The average molecular weight is 476 g/mol. The van der Waals surface area contributed by atoms with Crippen LogP contribution in [0.5, 0.6) is 5.75 Å². The van der Waals surface area contributed by atoms with Crippen molar-refractivity contribution in [1.82, 2.24) is 14.9 Å². The summed E-state index contributed by atoms with van der Waals surface area (Å²) in [5.41, 5.74) is 1.53. The van der Waals surface area contributed by atoms with Crippen molar-refractivity contribution in [2.75, 3.05) is 37.8 Å². The number of anilines is 3. The zero-order chi connectivity index (χ0) is 24.9. The van der Waals surface area contributed by atoms with Gasteiger partial charge in [-0.2, -0.15) is 4.98 Å². The molecular weight excluding hydrogens is 453 g/mol. The fourth-order valence-electron chi connectivity index (χ4n) is 3.08. The van der Waals surface area contributed by atoms with E-state index >= 15 is 0 Å². The van der Waals surface area contributed by atoms with E-state index in [9.17, 15) is 23.3 Å². The molecule has 0 aliphatic carbocycles. The van der Waals surface area contributed by atoms with Crippen LogP contribution in [0.25, 0.3) is 11.3 Å². The molecule has 1 heterocycles. The Labute approximate surface area is 193 Å². The SMILES string of the molecule is Cc1c(Nc2cc(-c3cccc(OC(F)(F)F)c3)nc(NCCN(C)C)n2)cccc1[N+](=O)[O-]. The molecule has 0 atom stereocenters. The van der Waals surface area contributed by atoms with E-state index < -0.39 is 11.3 Å². The number of hydrogen-bond acceptors (Lipinski definition) is 8. The molecule has 0 amide bonds. The lowest BCUT2D eigenvalue weighted by molar-refractivity contribution is -0.385. The van der Waals surface area contributed by atoms with Crippen LogP contribution in [0.2, 0.25) is 0 Å². The third-order valence-corrected chi connectivity index (χ3v) is 4.70. The lowest BCUT2D eigenvalue weighted by Crippen LogP contribution is -2.21. The van der Waals surface area contributed by atoms with Gasteiger partial charge in [0.25, 0.3) is 5.69 Å². The fraction of sp³-hybridized carbons (Fsp3) is 0.273. The molecule has 0 saturated heterocycles. The summed E-state index contributed by atoms with van der Waals surface area (Å²) in [4.78, 5) is 21.6. The number of nitro benzene ring substituents is 1. The predicted molar refractivity (Wildman–Crippen MR) is 122 cm³/mol. The summed E-state index contributed by atoms with van der Waals surface area (Å²) in [6.45, 7) is 2.81. The van der Waals surface area contributed by atoms with Crippen molar-refractivity contribution in [3.8, 4) is 17.0 Å². The van der Waals surface area contributed by atoms with Crippen molar-refractivity contribution in [2.45, 2.75) is 13.3 Å². The van der Waals surface area contributed by atoms with Gasteiger partial charge in [0.1, 0.15) is 11.6 Å². The van der Waals surface area contributed by atoms with Crippen molar-refractivity contribution in [1.29, 1.82) is 0 Å². The van der Waals surface area contributed by atoms with E-state index in [1.165, 1.54) is 24.3 Å². The van der Waals surface area contributed by atoms with Gasteiger partial charge in [0, 0.05) is 36.5 Å². The molecule has 3 aromatic rings. The minimum Gasteiger partial charge on any atom is -0.406 e. The summed E-state index contributed by atoms with van der Waals surface area (Å²) < 4.78 is 42.0. The first-order chi connectivity index (χ1) is 16.0. The maximum absolute atomic E-state index is 12.7. The van der Waals surface area contributed by atoms with Gasteiger partial charge >= 0.3 is 6.36 Å². The minimum atomic E-state index is -4.82. The highest BCUT2D eigenvalue weighted by Gasteiger charge is 2.31. The number of halogens is 3. The molecule has 9 nitrogen and oxygen atoms in total. The number of likely N-dealkylation sites (N-methyl/N-ethyl adjacent to an activating group) is 1. The number of hydrogen-bond donors (Lipinski definition) is 2. The topological polar surface area (TPSA) is 105 Å². The summed E-state index contributed by atoms with van der Waals surface area (Å²) in [5, 5.41) is 17.4. The van der Waals surface area contributed by atoms with Gasteiger partial charge in [-0.1, -0.05) is 18.2 Å². The number of alkyl halides is 3. The normalized spacial score (nSPS) is 11.4. The smallest absolute Gasteiger partial charge is 0.406 e. The third-order valence-electron chi connectivity index (χ3n) is 4.70. The van der Waals surface area contributed by atoms with E-state index in [1.54, 1.807) is 31.2 Å². The molecule has 34 heavy (non-hydrogen) atoms. The number of aromatic nitrogens is 2. The van der Waals surface area contributed by atoms with E-state index in [0.29, 0.717) is 41.4 Å². The summed E-state index contributed by atoms with van der Waals surface area (Å²) in [6, 6.07) is 11.6. The summed E-state index contributed by atoms with van der Waals surface area (Å²) in [7, 11) is 3.81. The lowest BCUT2D eigenvalue weighted by atomic mass is 10.1. The van der Waals surface area contributed by atoms with Crippen LogP contribution in [0.3, 0.4) is 0 Å². The van der Waals surface area contributed by atoms with Gasteiger partial charge in [-0.15, -0.1) is 13.2 Å². The number of nitrogens with zero attached hydrogens (tertiary/aromatic N) is 4. The largest absolute Gasteiger partial charge is 0.573 e. The number of rotatable bonds is 9. The van der Waals surface area contributed by atoms with Crippen LogP contribution in [0.15, 0.2) is 48.5 Å². The monoisotopic (exact) mass is 476 g/mol. The summed E-state index contributed by atoms with van der Waals surface area (Å²) >= 11 is 0. The highest BCUT2D eigenvalue weighted by atomic mass is 19.4. The standard InChI is InChI=1S/C22H23F3N6O3/c1-14-17(8-5-9-19(14)31(32)33)27-20-13-18(28-21(29-20)26-10-11-30(2)3)15-6-4-7-16(12-15)34-22(23,24)25/h4-9,12-13H,10-11H2,1-3H3,(H2,26,27,28,29). The van der Waals surface area contributed by atoms with E-state index in [4.69, 9.17) is 0 Å². The van der Waals surface area contributed by atoms with E-state index in [0.717, 1.165) is 0 Å². The van der Waals surface area contributed by atoms with Crippen molar-refractivity contribution < 1.29 is 22.8 Å². The molecule has 0 saturated carbocycles. The maximum Gasteiger partial charge on any atom is 0.573 e. The Balaban J connectivity index is 1.99. The Morgan fingerprint density at radius 1 is 1.12 bits per heavy atom. The van der Waals surface area contributed by atoms with Gasteiger partial charge in [-0.3, -0.25) is 10.1 Å². The highest BCUT2D eigenvalue weighted by Crippen LogP contribution is 2.31. The lowest BCUT2D eigenvalue weighted by Gasteiger charge is -2.15. The second kappa shape index (κ2) is 10.3. The number of ether oxygens (including phenoxy) is 1. The number of nitrogens with one attached hydrogen (secondary N) is 2. The van der Waals surface area contributed by atoms with Gasteiger partial charge in [0.05, 0.1) is 16.2 Å². The molecular formula is C22H23F3N6O3. The maximum atomic E-state index is 12.7. The first-order valence-electron chi connectivity index (χ1n) is 10.2. The van der Waals surface area contributed by atoms with Crippen LogP contribution in [0, 0.1) is 17.0 Å². The van der Waals surface area contributed by atoms with Crippen LogP contribution in [0.1, 0.15) is 5.56 Å². The molecule has 0 bridgehead atoms.